The summed E-state index contributed by atoms with van der Waals surface area (Å²) in [6.45, 7) is 0.912. The predicted molar refractivity (Wildman–Crippen MR) is 76.9 cm³/mol. The molecule has 0 amide bonds. The molecule has 2 rings (SSSR count). The van der Waals surface area contributed by atoms with Crippen LogP contribution in [-0.2, 0) is 6.42 Å². The summed E-state index contributed by atoms with van der Waals surface area (Å²) in [5.74, 6) is 1.76. The molecule has 1 aromatic heterocycles. The van der Waals surface area contributed by atoms with Crippen LogP contribution in [-0.4, -0.2) is 16.6 Å². The molecule has 0 saturated heterocycles. The second kappa shape index (κ2) is 6.34. The number of rotatable bonds is 5. The largest absolute Gasteiger partial charge is 0.435 e. The highest BCUT2D eigenvalue weighted by molar-refractivity contribution is 5.64. The van der Waals surface area contributed by atoms with Gasteiger partial charge in [0.2, 0.25) is 0 Å². The van der Waals surface area contributed by atoms with Crippen molar-refractivity contribution in [2.45, 2.75) is 26.9 Å². The van der Waals surface area contributed by atoms with Crippen LogP contribution in [0.5, 0.6) is 5.75 Å². The normalized spacial score (nSPS) is 10.7. The summed E-state index contributed by atoms with van der Waals surface area (Å²) in [5.41, 5.74) is 7.27. The van der Waals surface area contributed by atoms with Gasteiger partial charge in [-0.2, -0.15) is 8.78 Å². The Balaban J connectivity index is 2.20. The van der Waals surface area contributed by atoms with Crippen LogP contribution < -0.4 is 15.8 Å². The zero-order chi connectivity index (χ0) is 15.4. The third-order valence-corrected chi connectivity index (χ3v) is 2.89. The molecular weight excluding hydrogens is 278 g/mol. The van der Waals surface area contributed by atoms with Crippen LogP contribution in [0.2, 0.25) is 0 Å². The third kappa shape index (κ3) is 3.77. The standard InChI is InChI=1S/C14H16F2N4O/c1-3-11-19-12(17)8(2)13(20-11)18-9-4-6-10(7-5-9)21-14(15)16/h4-7,14H,3H2,1-2H3,(H3,17,18,19,20). The van der Waals surface area contributed by atoms with E-state index in [1.165, 1.54) is 12.1 Å². The number of aromatic nitrogens is 2. The molecule has 2 aromatic rings. The van der Waals surface area contributed by atoms with E-state index in [9.17, 15) is 8.78 Å². The molecule has 1 aromatic carbocycles. The first-order valence-electron chi connectivity index (χ1n) is 6.44. The van der Waals surface area contributed by atoms with Gasteiger partial charge in [-0.05, 0) is 31.2 Å². The first-order chi connectivity index (χ1) is 9.99. The Labute approximate surface area is 121 Å². The molecule has 0 radical (unpaired) electrons. The molecule has 5 nitrogen and oxygen atoms in total. The topological polar surface area (TPSA) is 73.1 Å². The number of aryl methyl sites for hydroxylation is 1. The number of hydrogen-bond donors (Lipinski definition) is 2. The minimum absolute atomic E-state index is 0.101. The van der Waals surface area contributed by atoms with Crippen LogP contribution in [0.4, 0.5) is 26.1 Å². The predicted octanol–water partition coefficient (Wildman–Crippen LogP) is 3.27. The molecule has 3 N–H and O–H groups in total. The molecule has 0 saturated carbocycles. The molecule has 0 spiro atoms. The Bertz CT molecular complexity index is 617. The molecule has 0 fully saturated rings. The molecule has 1 heterocycles. The smallest absolute Gasteiger partial charge is 0.387 e. The summed E-state index contributed by atoms with van der Waals surface area (Å²) in [5, 5.41) is 3.09. The van der Waals surface area contributed by atoms with E-state index in [2.05, 4.69) is 20.0 Å². The Morgan fingerprint density at radius 1 is 1.24 bits per heavy atom. The molecular formula is C14H16F2N4O. The quantitative estimate of drug-likeness (QED) is 0.885. The number of nitrogens with one attached hydrogen (secondary N) is 1. The third-order valence-electron chi connectivity index (χ3n) is 2.89. The van der Waals surface area contributed by atoms with Crippen molar-refractivity contribution in [1.82, 2.24) is 9.97 Å². The van der Waals surface area contributed by atoms with Gasteiger partial charge >= 0.3 is 6.61 Å². The summed E-state index contributed by atoms with van der Waals surface area (Å²) in [4.78, 5) is 8.53. The van der Waals surface area contributed by atoms with Crippen molar-refractivity contribution in [1.29, 1.82) is 0 Å². The SMILES string of the molecule is CCc1nc(N)c(C)c(Nc2ccc(OC(F)F)cc2)n1. The van der Waals surface area contributed by atoms with Crippen LogP contribution >= 0.6 is 0 Å². The van der Waals surface area contributed by atoms with Gasteiger partial charge in [-0.1, -0.05) is 6.92 Å². The average molecular weight is 294 g/mol. The number of alkyl halides is 2. The first-order valence-corrected chi connectivity index (χ1v) is 6.44. The summed E-state index contributed by atoms with van der Waals surface area (Å²) in [7, 11) is 0. The van der Waals surface area contributed by atoms with Crippen LogP contribution in [0.3, 0.4) is 0 Å². The minimum Gasteiger partial charge on any atom is -0.435 e. The van der Waals surface area contributed by atoms with Gasteiger partial charge in [0.05, 0.1) is 0 Å². The lowest BCUT2D eigenvalue weighted by molar-refractivity contribution is -0.0498. The number of anilines is 3. The van der Waals surface area contributed by atoms with Gasteiger partial charge in [-0.3, -0.25) is 0 Å². The Morgan fingerprint density at radius 3 is 2.48 bits per heavy atom. The Hall–Kier alpha value is -2.44. The maximum absolute atomic E-state index is 12.1. The Kier molecular flexibility index (Phi) is 4.52. The molecule has 21 heavy (non-hydrogen) atoms. The molecule has 7 heteroatoms. The van der Waals surface area contributed by atoms with E-state index in [1.54, 1.807) is 12.1 Å². The molecule has 0 aliphatic carbocycles. The average Bonchev–Trinajstić information content (AvgIpc) is 2.45. The molecule has 0 atom stereocenters. The molecule has 0 aliphatic rings. The number of ether oxygens (including phenoxy) is 1. The summed E-state index contributed by atoms with van der Waals surface area (Å²) in [6.07, 6.45) is 0.667. The van der Waals surface area contributed by atoms with E-state index in [-0.39, 0.29) is 5.75 Å². The lowest BCUT2D eigenvalue weighted by Crippen LogP contribution is -2.06. The van der Waals surface area contributed by atoms with E-state index >= 15 is 0 Å². The second-order valence-corrected chi connectivity index (χ2v) is 4.38. The van der Waals surface area contributed by atoms with Gasteiger partial charge < -0.3 is 15.8 Å². The van der Waals surface area contributed by atoms with E-state index in [1.807, 2.05) is 13.8 Å². The van der Waals surface area contributed by atoms with Crippen LogP contribution in [0, 0.1) is 6.92 Å². The first kappa shape index (κ1) is 15.0. The fourth-order valence-electron chi connectivity index (χ4n) is 1.72. The van der Waals surface area contributed by atoms with E-state index < -0.39 is 6.61 Å². The van der Waals surface area contributed by atoms with Crippen molar-refractivity contribution < 1.29 is 13.5 Å². The molecule has 0 unspecified atom stereocenters. The van der Waals surface area contributed by atoms with Crippen molar-refractivity contribution in [2.75, 3.05) is 11.1 Å². The van der Waals surface area contributed by atoms with Crippen molar-refractivity contribution in [3.8, 4) is 5.75 Å². The number of hydrogen-bond acceptors (Lipinski definition) is 5. The highest BCUT2D eigenvalue weighted by Crippen LogP contribution is 2.24. The lowest BCUT2D eigenvalue weighted by atomic mass is 10.2. The van der Waals surface area contributed by atoms with Gasteiger partial charge in [-0.25, -0.2) is 9.97 Å². The van der Waals surface area contributed by atoms with Crippen LogP contribution in [0.15, 0.2) is 24.3 Å². The fourth-order valence-corrected chi connectivity index (χ4v) is 1.72. The van der Waals surface area contributed by atoms with E-state index in [4.69, 9.17) is 5.73 Å². The van der Waals surface area contributed by atoms with Gasteiger partial charge in [0.15, 0.2) is 0 Å². The number of nitrogens with two attached hydrogens (primary N) is 1. The van der Waals surface area contributed by atoms with Crippen molar-refractivity contribution >= 4 is 17.3 Å². The summed E-state index contributed by atoms with van der Waals surface area (Å²) < 4.78 is 28.5. The molecule has 112 valence electrons. The minimum atomic E-state index is -2.83. The van der Waals surface area contributed by atoms with Crippen molar-refractivity contribution in [3.63, 3.8) is 0 Å². The van der Waals surface area contributed by atoms with Gasteiger partial charge in [0.1, 0.15) is 23.2 Å². The van der Waals surface area contributed by atoms with Crippen molar-refractivity contribution in [3.05, 3.63) is 35.7 Å². The van der Waals surface area contributed by atoms with Crippen LogP contribution in [0.25, 0.3) is 0 Å². The van der Waals surface area contributed by atoms with Gasteiger partial charge in [-0.15, -0.1) is 0 Å². The van der Waals surface area contributed by atoms with Crippen LogP contribution in [0.1, 0.15) is 18.3 Å². The second-order valence-electron chi connectivity index (χ2n) is 4.38. The van der Waals surface area contributed by atoms with E-state index in [0.717, 1.165) is 5.56 Å². The number of halogens is 2. The highest BCUT2D eigenvalue weighted by atomic mass is 19.3. The Morgan fingerprint density at radius 2 is 1.90 bits per heavy atom. The number of nitrogens with zero attached hydrogens (tertiary/aromatic N) is 2. The summed E-state index contributed by atoms with van der Waals surface area (Å²) in [6, 6.07) is 6.16. The maximum atomic E-state index is 12.1. The van der Waals surface area contributed by atoms with E-state index in [0.29, 0.717) is 29.6 Å². The molecule has 0 aliphatic heterocycles. The summed E-state index contributed by atoms with van der Waals surface area (Å²) >= 11 is 0. The van der Waals surface area contributed by atoms with Crippen molar-refractivity contribution in [2.24, 2.45) is 0 Å². The zero-order valence-corrected chi connectivity index (χ0v) is 11.7. The van der Waals surface area contributed by atoms with Gasteiger partial charge in [0.25, 0.3) is 0 Å². The highest BCUT2D eigenvalue weighted by Gasteiger charge is 2.09. The zero-order valence-electron chi connectivity index (χ0n) is 11.7. The number of benzene rings is 1. The lowest BCUT2D eigenvalue weighted by Gasteiger charge is -2.12. The monoisotopic (exact) mass is 294 g/mol. The fraction of sp³-hybridized carbons (Fsp3) is 0.286. The van der Waals surface area contributed by atoms with Gasteiger partial charge in [0, 0.05) is 17.7 Å². The maximum Gasteiger partial charge on any atom is 0.387 e. The number of nitrogen functional groups attached to an aromatic ring is 1. The molecule has 0 bridgehead atoms.